The zero-order valence-corrected chi connectivity index (χ0v) is 21.0. The summed E-state index contributed by atoms with van der Waals surface area (Å²) in [5.41, 5.74) is 4.72. The molecule has 0 saturated carbocycles. The number of carbonyl (C=O) groups is 1. The molecule has 5 rings (SSSR count). The lowest BCUT2D eigenvalue weighted by Gasteiger charge is -2.26. The van der Waals surface area contributed by atoms with Crippen molar-refractivity contribution in [3.05, 3.63) is 46.8 Å². The number of nitrogens with zero attached hydrogens (tertiary/aromatic N) is 3. The fourth-order valence-corrected chi connectivity index (χ4v) is 6.53. The number of nitrogens with one attached hydrogen (secondary N) is 2. The van der Waals surface area contributed by atoms with Crippen LogP contribution in [0.4, 0.5) is 5.69 Å². The average molecular weight is 498 g/mol. The average Bonchev–Trinajstić information content (AvgIpc) is 3.26. The van der Waals surface area contributed by atoms with E-state index in [0.29, 0.717) is 29.8 Å². The molecule has 2 aliphatic rings. The van der Waals surface area contributed by atoms with E-state index in [0.717, 1.165) is 66.1 Å². The summed E-state index contributed by atoms with van der Waals surface area (Å²) < 4.78 is 32.0. The van der Waals surface area contributed by atoms with Gasteiger partial charge in [0.2, 0.25) is 0 Å². The summed E-state index contributed by atoms with van der Waals surface area (Å²) in [6.45, 7) is 6.45. The van der Waals surface area contributed by atoms with Crippen LogP contribution >= 0.6 is 0 Å². The van der Waals surface area contributed by atoms with E-state index >= 15 is 0 Å². The Morgan fingerprint density at radius 2 is 2.06 bits per heavy atom. The van der Waals surface area contributed by atoms with Crippen molar-refractivity contribution in [2.24, 2.45) is 0 Å². The van der Waals surface area contributed by atoms with E-state index in [2.05, 4.69) is 15.7 Å². The van der Waals surface area contributed by atoms with E-state index in [1.165, 1.54) is 0 Å². The molecule has 2 aromatic heterocycles. The minimum absolute atomic E-state index is 0.164. The molecule has 0 atom stereocenters. The van der Waals surface area contributed by atoms with Gasteiger partial charge >= 0.3 is 0 Å². The summed E-state index contributed by atoms with van der Waals surface area (Å²) in [4.78, 5) is 18.2. The number of pyridine rings is 1. The van der Waals surface area contributed by atoms with Gasteiger partial charge in [-0.2, -0.15) is 5.10 Å². The highest BCUT2D eigenvalue weighted by Crippen LogP contribution is 2.31. The molecule has 10 heteroatoms. The number of hydrogen-bond donors (Lipinski definition) is 2. The maximum atomic E-state index is 13.1. The Bertz CT molecular complexity index is 1380. The first-order valence-electron chi connectivity index (χ1n) is 12.2. The van der Waals surface area contributed by atoms with Crippen molar-refractivity contribution in [3.63, 3.8) is 0 Å². The Morgan fingerprint density at radius 3 is 2.83 bits per heavy atom. The van der Waals surface area contributed by atoms with Gasteiger partial charge in [0.1, 0.15) is 0 Å². The molecule has 9 nitrogen and oxygen atoms in total. The number of benzene rings is 1. The number of aryl methyl sites for hydroxylation is 3. The summed E-state index contributed by atoms with van der Waals surface area (Å²) in [5, 5.41) is 12.2. The molecule has 1 amide bonds. The van der Waals surface area contributed by atoms with Crippen LogP contribution in [0.1, 0.15) is 53.4 Å². The van der Waals surface area contributed by atoms with Gasteiger partial charge in [0.25, 0.3) is 5.91 Å². The second-order valence-corrected chi connectivity index (χ2v) is 11.3. The zero-order valence-electron chi connectivity index (χ0n) is 20.1. The van der Waals surface area contributed by atoms with Gasteiger partial charge in [-0.1, -0.05) is 0 Å². The fraction of sp³-hybridized carbons (Fsp3) is 0.480. The Hall–Kier alpha value is -2.98. The number of ether oxygens (including phenoxy) is 1. The largest absolute Gasteiger partial charge is 0.381 e. The van der Waals surface area contributed by atoms with Crippen LogP contribution in [0.3, 0.4) is 0 Å². The van der Waals surface area contributed by atoms with Gasteiger partial charge in [0.05, 0.1) is 27.9 Å². The normalized spacial score (nSPS) is 17.8. The summed E-state index contributed by atoms with van der Waals surface area (Å²) in [6.07, 6.45) is 4.90. The van der Waals surface area contributed by atoms with E-state index in [9.17, 15) is 13.2 Å². The molecule has 1 fully saturated rings. The van der Waals surface area contributed by atoms with Crippen molar-refractivity contribution >= 4 is 32.5 Å². The van der Waals surface area contributed by atoms with Crippen LogP contribution in [0.25, 0.3) is 11.0 Å². The van der Waals surface area contributed by atoms with Crippen molar-refractivity contribution in [2.45, 2.75) is 63.6 Å². The van der Waals surface area contributed by atoms with Gasteiger partial charge in [-0.3, -0.25) is 4.79 Å². The van der Waals surface area contributed by atoms with Crippen molar-refractivity contribution in [1.29, 1.82) is 0 Å². The van der Waals surface area contributed by atoms with E-state index in [-0.39, 0.29) is 17.7 Å². The molecule has 0 spiro atoms. The molecular formula is C25H31N5O4S. The molecule has 0 radical (unpaired) electrons. The molecule has 3 aromatic rings. The third-order valence-corrected chi connectivity index (χ3v) is 8.80. The van der Waals surface area contributed by atoms with Gasteiger partial charge in [0.15, 0.2) is 15.5 Å². The molecule has 0 aliphatic carbocycles. The Kier molecular flexibility index (Phi) is 6.50. The molecule has 2 aliphatic heterocycles. The van der Waals surface area contributed by atoms with Crippen LogP contribution in [0.5, 0.6) is 0 Å². The highest BCUT2D eigenvalue weighted by atomic mass is 32.2. The third kappa shape index (κ3) is 4.64. The first-order valence-corrected chi connectivity index (χ1v) is 13.9. The Balaban J connectivity index is 1.43. The number of carbonyl (C=O) groups excluding carboxylic acids is 1. The van der Waals surface area contributed by atoms with E-state index in [4.69, 9.17) is 9.72 Å². The van der Waals surface area contributed by atoms with E-state index in [1.54, 1.807) is 18.2 Å². The van der Waals surface area contributed by atoms with Crippen LogP contribution in [0, 0.1) is 6.92 Å². The number of anilines is 1. The maximum absolute atomic E-state index is 13.1. The van der Waals surface area contributed by atoms with Gasteiger partial charge in [-0.25, -0.2) is 18.1 Å². The first-order chi connectivity index (χ1) is 16.9. The summed E-state index contributed by atoms with van der Waals surface area (Å²) in [7, 11) is -3.25. The second kappa shape index (κ2) is 9.58. The standard InChI is InChI=1S/C25H31N5O4S/c1-3-30-24-21(15-27-30)23(29-19-8-10-34-11-9-19)20(16(2)28-24)14-26-25(31)18-6-7-22-17(13-18)5-4-12-35(22,32)33/h6-7,13,15,19H,3-5,8-12,14H2,1-2H3,(H,26,31)(H,28,29). The minimum atomic E-state index is -3.25. The zero-order chi connectivity index (χ0) is 24.6. The number of fused-ring (bicyclic) bond motifs is 2. The van der Waals surface area contributed by atoms with E-state index in [1.807, 2.05) is 24.7 Å². The first kappa shape index (κ1) is 23.7. The van der Waals surface area contributed by atoms with Crippen LogP contribution in [-0.4, -0.2) is 54.1 Å². The fourth-order valence-electron chi connectivity index (χ4n) is 4.95. The van der Waals surface area contributed by atoms with Crippen LogP contribution in [0.2, 0.25) is 0 Å². The topological polar surface area (TPSA) is 115 Å². The monoisotopic (exact) mass is 497 g/mol. The summed E-state index contributed by atoms with van der Waals surface area (Å²) in [6, 6.07) is 5.14. The smallest absolute Gasteiger partial charge is 0.251 e. The Labute approximate surface area is 205 Å². The molecule has 35 heavy (non-hydrogen) atoms. The third-order valence-electron chi connectivity index (χ3n) is 6.91. The highest BCUT2D eigenvalue weighted by molar-refractivity contribution is 7.91. The lowest BCUT2D eigenvalue weighted by atomic mass is 10.0. The lowest BCUT2D eigenvalue weighted by Crippen LogP contribution is -2.30. The summed E-state index contributed by atoms with van der Waals surface area (Å²) >= 11 is 0. The van der Waals surface area contributed by atoms with Gasteiger partial charge in [0, 0.05) is 49.2 Å². The predicted octanol–water partition coefficient (Wildman–Crippen LogP) is 3.00. The summed E-state index contributed by atoms with van der Waals surface area (Å²) in [5.74, 6) is -0.0748. The maximum Gasteiger partial charge on any atom is 0.251 e. The van der Waals surface area contributed by atoms with Crippen LogP contribution < -0.4 is 10.6 Å². The Morgan fingerprint density at radius 1 is 1.26 bits per heavy atom. The lowest BCUT2D eigenvalue weighted by molar-refractivity contribution is 0.0904. The minimum Gasteiger partial charge on any atom is -0.381 e. The number of sulfone groups is 1. The molecular weight excluding hydrogens is 466 g/mol. The molecule has 186 valence electrons. The number of hydrogen-bond acceptors (Lipinski definition) is 7. The van der Waals surface area contributed by atoms with Crippen molar-refractivity contribution in [1.82, 2.24) is 20.1 Å². The molecule has 0 bridgehead atoms. The highest BCUT2D eigenvalue weighted by Gasteiger charge is 2.25. The van der Waals surface area contributed by atoms with Gasteiger partial charge in [-0.05, 0) is 63.3 Å². The van der Waals surface area contributed by atoms with Gasteiger partial charge < -0.3 is 15.4 Å². The number of aromatic nitrogens is 3. The quantitative estimate of drug-likeness (QED) is 0.538. The van der Waals surface area contributed by atoms with Crippen LogP contribution in [-0.2, 0) is 34.1 Å². The van der Waals surface area contributed by atoms with Crippen molar-refractivity contribution in [3.8, 4) is 0 Å². The molecule has 4 heterocycles. The second-order valence-electron chi connectivity index (χ2n) is 9.21. The predicted molar refractivity (Wildman–Crippen MR) is 133 cm³/mol. The SMILES string of the molecule is CCn1ncc2c(NC3CCOCC3)c(CNC(=O)c3ccc4c(c3)CCCS4(=O)=O)c(C)nc21. The molecule has 2 N–H and O–H groups in total. The van der Waals surface area contributed by atoms with Crippen molar-refractivity contribution < 1.29 is 17.9 Å². The molecule has 1 saturated heterocycles. The van der Waals surface area contributed by atoms with Crippen LogP contribution in [0.15, 0.2) is 29.3 Å². The van der Waals surface area contributed by atoms with Gasteiger partial charge in [-0.15, -0.1) is 0 Å². The number of rotatable bonds is 6. The number of amides is 1. The van der Waals surface area contributed by atoms with Crippen molar-refractivity contribution in [2.75, 3.05) is 24.3 Å². The van der Waals surface area contributed by atoms with E-state index < -0.39 is 9.84 Å². The molecule has 0 unspecified atom stereocenters. The molecule has 1 aromatic carbocycles.